The van der Waals surface area contributed by atoms with Crippen molar-refractivity contribution in [1.82, 2.24) is 13.7 Å². The number of hydrogen-bond donors (Lipinski definition) is 0. The predicted molar refractivity (Wildman–Crippen MR) is 290 cm³/mol. The Kier molecular flexibility index (Phi) is 22.2. The molecule has 0 amide bonds. The van der Waals surface area contributed by atoms with Crippen molar-refractivity contribution >= 4 is 43.6 Å². The van der Waals surface area contributed by atoms with Crippen molar-refractivity contribution in [3.8, 4) is 16.9 Å². The minimum Gasteiger partial charge on any atom is -0.351 e. The Morgan fingerprint density at radius 1 is 0.344 bits per heavy atom. The van der Waals surface area contributed by atoms with Gasteiger partial charge in [-0.25, -0.2) is 0 Å². The summed E-state index contributed by atoms with van der Waals surface area (Å²) in [6.45, 7) is 34.2. The van der Waals surface area contributed by atoms with Gasteiger partial charge in [-0.05, 0) is 75.7 Å². The third-order valence-corrected chi connectivity index (χ3v) is 8.41. The minimum atomic E-state index is 0.500. The van der Waals surface area contributed by atoms with Gasteiger partial charge < -0.3 is 13.7 Å². The molecule has 0 N–H and O–H groups in total. The number of nitrogens with zero attached hydrogens (tertiary/aromatic N) is 3. The molecular weight excluding hydrogens is 775 g/mol. The van der Waals surface area contributed by atoms with Gasteiger partial charge in [0.25, 0.3) is 0 Å². The molecule has 0 aliphatic carbocycles. The summed E-state index contributed by atoms with van der Waals surface area (Å²) in [7, 11) is 4.17. The maximum atomic E-state index is 2.32. The van der Waals surface area contributed by atoms with Gasteiger partial charge in [-0.15, -0.1) is 0 Å². The lowest BCUT2D eigenvalue weighted by Gasteiger charge is -2.06. The van der Waals surface area contributed by atoms with Crippen LogP contribution >= 0.6 is 0 Å². The van der Waals surface area contributed by atoms with Crippen LogP contribution in [0.25, 0.3) is 60.6 Å². The molecule has 3 nitrogen and oxygen atoms in total. The second kappa shape index (κ2) is 26.1. The Bertz CT molecular complexity index is 2530. The van der Waals surface area contributed by atoms with Gasteiger partial charge in [0.2, 0.25) is 0 Å². The van der Waals surface area contributed by atoms with Crippen molar-refractivity contribution in [2.75, 3.05) is 0 Å². The second-order valence-electron chi connectivity index (χ2n) is 20.2. The van der Waals surface area contributed by atoms with E-state index in [2.05, 4.69) is 281 Å². The van der Waals surface area contributed by atoms with Crippen molar-refractivity contribution in [2.24, 2.45) is 30.3 Å². The molecule has 0 saturated heterocycles. The summed E-state index contributed by atoms with van der Waals surface area (Å²) in [5, 5.41) is 5.22. The summed E-state index contributed by atoms with van der Waals surface area (Å²) < 4.78 is 6.69. The predicted octanol–water partition coefficient (Wildman–Crippen LogP) is 19.0. The molecule has 0 aliphatic rings. The average molecular weight is 858 g/mol. The monoisotopic (exact) mass is 858 g/mol. The van der Waals surface area contributed by atoms with E-state index in [1.54, 1.807) is 0 Å². The van der Waals surface area contributed by atoms with Crippen molar-refractivity contribution < 1.29 is 0 Å². The van der Waals surface area contributed by atoms with Gasteiger partial charge in [0.15, 0.2) is 0 Å². The van der Waals surface area contributed by atoms with Crippen LogP contribution in [-0.2, 0) is 14.1 Å². The molecule has 9 rings (SSSR count). The highest BCUT2D eigenvalue weighted by Gasteiger charge is 2.10. The quantitative estimate of drug-likeness (QED) is 0.165. The number of fused-ring (bicyclic) bond motifs is 5. The third-order valence-electron chi connectivity index (χ3n) is 8.41. The average Bonchev–Trinajstić information content (AvgIpc) is 3.92. The molecule has 6 aromatic carbocycles. The number of aryl methyl sites for hydroxylation is 2. The Morgan fingerprint density at radius 2 is 0.688 bits per heavy atom. The smallest absolute Gasteiger partial charge is 0.0541 e. The van der Waals surface area contributed by atoms with Crippen LogP contribution in [0, 0.1) is 16.2 Å². The first-order chi connectivity index (χ1) is 30.2. The summed E-state index contributed by atoms with van der Waals surface area (Å²) in [4.78, 5) is 0. The van der Waals surface area contributed by atoms with E-state index < -0.39 is 0 Å². The molecule has 3 aromatic heterocycles. The van der Waals surface area contributed by atoms with Gasteiger partial charge in [0.1, 0.15) is 0 Å². The summed E-state index contributed by atoms with van der Waals surface area (Å²) in [5.41, 5.74) is 10.3. The maximum Gasteiger partial charge on any atom is 0.0541 e. The van der Waals surface area contributed by atoms with Gasteiger partial charge in [-0.1, -0.05) is 232 Å². The molecule has 3 heterocycles. The highest BCUT2D eigenvalue weighted by atomic mass is 15.0. The van der Waals surface area contributed by atoms with Gasteiger partial charge in [-0.3, -0.25) is 0 Å². The highest BCUT2D eigenvalue weighted by molar-refractivity contribution is 6.09. The third kappa shape index (κ3) is 18.9. The topological polar surface area (TPSA) is 14.8 Å². The summed E-state index contributed by atoms with van der Waals surface area (Å²) in [5.74, 6) is 0. The SMILES string of the molecule is CC.CC.CC(C)(C)C.CC(C)(C)C.CC(C)(C)C.Cn1c(-c2ccccc2)cc2ccccc21.Cn1ccc2ccccc21.c1ccc(-n2c3ccccc3c3ccccc32)cc1. The zero-order valence-electron chi connectivity index (χ0n) is 43.1. The first-order valence-corrected chi connectivity index (χ1v) is 23.3. The standard InChI is InChI=1S/C18H13N.C15H13N.C9H9N.3C5H12.2C2H6/c1-2-8-14(9-3-1)19-17-12-6-4-10-15(17)16-11-5-7-13-18(16)19;1-16-14-10-6-5-9-13(14)11-15(16)12-7-3-2-4-8-12;1-10-7-6-8-4-2-3-5-9(8)10;3*1-5(2,3)4;2*1-2/h1-13H;2-11H,1H3;2-7H,1H3;3*1-4H3;2*1-2H3. The first-order valence-electron chi connectivity index (χ1n) is 23.3. The van der Waals surface area contributed by atoms with E-state index in [4.69, 9.17) is 0 Å². The van der Waals surface area contributed by atoms with E-state index in [0.29, 0.717) is 16.2 Å². The number of para-hydroxylation sites is 5. The van der Waals surface area contributed by atoms with E-state index in [0.717, 1.165) is 0 Å². The Hall–Kier alpha value is -5.80. The zero-order chi connectivity index (χ0) is 48.1. The van der Waals surface area contributed by atoms with Crippen LogP contribution < -0.4 is 0 Å². The van der Waals surface area contributed by atoms with Crippen molar-refractivity contribution in [3.63, 3.8) is 0 Å². The van der Waals surface area contributed by atoms with Gasteiger partial charge in [0.05, 0.1) is 11.0 Å². The van der Waals surface area contributed by atoms with E-state index >= 15 is 0 Å². The zero-order valence-corrected chi connectivity index (χ0v) is 43.1. The Morgan fingerprint density at radius 3 is 1.11 bits per heavy atom. The molecule has 0 spiro atoms. The highest BCUT2D eigenvalue weighted by Crippen LogP contribution is 2.31. The molecule has 0 saturated carbocycles. The minimum absolute atomic E-state index is 0.500. The molecule has 0 radical (unpaired) electrons. The van der Waals surface area contributed by atoms with E-state index in [-0.39, 0.29) is 0 Å². The molecular formula is C61H83N3. The van der Waals surface area contributed by atoms with Gasteiger partial charge >= 0.3 is 0 Å². The lowest BCUT2D eigenvalue weighted by atomic mass is 10.0. The molecule has 64 heavy (non-hydrogen) atoms. The van der Waals surface area contributed by atoms with Crippen molar-refractivity contribution in [2.45, 2.75) is 111 Å². The lowest BCUT2D eigenvalue weighted by Crippen LogP contribution is -1.93. The van der Waals surface area contributed by atoms with E-state index in [1.807, 2.05) is 33.8 Å². The first kappa shape index (κ1) is 54.3. The Labute approximate surface area is 389 Å². The molecule has 0 aliphatic heterocycles. The van der Waals surface area contributed by atoms with E-state index in [1.165, 1.54) is 60.6 Å². The molecule has 9 aromatic rings. The summed E-state index contributed by atoms with van der Waals surface area (Å²) in [6, 6.07) is 59.4. The largest absolute Gasteiger partial charge is 0.351 e. The van der Waals surface area contributed by atoms with Crippen LogP contribution in [0.1, 0.15) is 111 Å². The molecule has 3 heteroatoms. The molecule has 342 valence electrons. The molecule has 0 unspecified atom stereocenters. The van der Waals surface area contributed by atoms with Gasteiger partial charge in [-0.2, -0.15) is 0 Å². The number of rotatable bonds is 2. The normalized spacial score (nSPS) is 10.7. The van der Waals surface area contributed by atoms with Gasteiger partial charge in [0, 0.05) is 58.9 Å². The summed E-state index contributed by atoms with van der Waals surface area (Å²) in [6.07, 6.45) is 2.07. The lowest BCUT2D eigenvalue weighted by molar-refractivity contribution is 0.469. The fourth-order valence-corrected chi connectivity index (χ4v) is 6.17. The molecule has 0 bridgehead atoms. The van der Waals surface area contributed by atoms with Crippen LogP contribution in [0.15, 0.2) is 176 Å². The number of benzene rings is 6. The Balaban J connectivity index is 0.000000282. The molecule has 0 fully saturated rings. The maximum absolute atomic E-state index is 2.32. The second-order valence-corrected chi connectivity index (χ2v) is 20.2. The molecule has 0 atom stereocenters. The van der Waals surface area contributed by atoms with Crippen LogP contribution in [0.2, 0.25) is 0 Å². The fourth-order valence-electron chi connectivity index (χ4n) is 6.17. The fraction of sp³-hybridized carbons (Fsp3) is 0.344. The van der Waals surface area contributed by atoms with Crippen LogP contribution in [-0.4, -0.2) is 13.7 Å². The number of hydrogen-bond acceptors (Lipinski definition) is 0. The van der Waals surface area contributed by atoms with Crippen LogP contribution in [0.4, 0.5) is 0 Å². The van der Waals surface area contributed by atoms with Crippen molar-refractivity contribution in [1.29, 1.82) is 0 Å². The summed E-state index contributed by atoms with van der Waals surface area (Å²) >= 11 is 0. The number of aromatic nitrogens is 3. The van der Waals surface area contributed by atoms with Crippen LogP contribution in [0.5, 0.6) is 0 Å². The van der Waals surface area contributed by atoms with E-state index in [9.17, 15) is 0 Å². The van der Waals surface area contributed by atoms with Crippen LogP contribution in [0.3, 0.4) is 0 Å². The van der Waals surface area contributed by atoms with Crippen molar-refractivity contribution in [3.05, 3.63) is 176 Å².